The van der Waals surface area contributed by atoms with Crippen LogP contribution in [0.3, 0.4) is 0 Å². The number of aromatic amines is 1. The second-order valence-electron chi connectivity index (χ2n) is 5.07. The van der Waals surface area contributed by atoms with Crippen LogP contribution in [0.4, 0.5) is 5.69 Å². The predicted molar refractivity (Wildman–Crippen MR) is 83.3 cm³/mol. The Morgan fingerprint density at radius 2 is 1.86 bits per heavy atom. The Morgan fingerprint density at radius 3 is 2.38 bits per heavy atom. The first kappa shape index (κ1) is 15.0. The van der Waals surface area contributed by atoms with Gasteiger partial charge < -0.3 is 15.6 Å². The monoisotopic (exact) mass is 285 g/mol. The number of hydrogen-bond donors (Lipinski definition) is 2. The van der Waals surface area contributed by atoms with Crippen molar-refractivity contribution in [3.8, 4) is 0 Å². The Morgan fingerprint density at radius 1 is 1.19 bits per heavy atom. The van der Waals surface area contributed by atoms with Crippen LogP contribution in [0.25, 0.3) is 0 Å². The highest BCUT2D eigenvalue weighted by Crippen LogP contribution is 2.20. The second-order valence-corrected chi connectivity index (χ2v) is 5.07. The summed E-state index contributed by atoms with van der Waals surface area (Å²) in [6.45, 7) is 4.31. The molecule has 0 aliphatic carbocycles. The number of benzene rings is 1. The van der Waals surface area contributed by atoms with E-state index in [0.717, 1.165) is 11.3 Å². The number of H-pyrrole nitrogens is 1. The third kappa shape index (κ3) is 3.38. The van der Waals surface area contributed by atoms with Crippen molar-refractivity contribution in [1.82, 2.24) is 4.98 Å². The molecule has 0 spiro atoms. The minimum Gasteiger partial charge on any atom is -0.326 e. The van der Waals surface area contributed by atoms with Gasteiger partial charge in [-0.05, 0) is 37.6 Å². The lowest BCUT2D eigenvalue weighted by Crippen LogP contribution is -2.38. The molecule has 0 saturated heterocycles. The molecule has 0 bridgehead atoms. The average Bonchev–Trinajstić information content (AvgIpc) is 2.47. The lowest BCUT2D eigenvalue weighted by atomic mass is 10.1. The molecular weight excluding hydrogens is 266 g/mol. The minimum atomic E-state index is -0.289. The zero-order chi connectivity index (χ0) is 15.4. The zero-order valence-electron chi connectivity index (χ0n) is 12.2. The van der Waals surface area contributed by atoms with Crippen molar-refractivity contribution in [3.05, 3.63) is 64.1 Å². The smallest absolute Gasteiger partial charge is 0.275 e. The van der Waals surface area contributed by atoms with E-state index >= 15 is 0 Å². The van der Waals surface area contributed by atoms with Crippen LogP contribution in [0.5, 0.6) is 0 Å². The van der Waals surface area contributed by atoms with Crippen LogP contribution in [0, 0.1) is 0 Å². The fraction of sp³-hybridized carbons (Fsp3) is 0.250. The zero-order valence-corrected chi connectivity index (χ0v) is 12.2. The molecule has 5 nitrogen and oxygen atoms in total. The third-order valence-electron chi connectivity index (χ3n) is 3.18. The molecule has 0 saturated carbocycles. The summed E-state index contributed by atoms with van der Waals surface area (Å²) in [5, 5.41) is 0. The summed E-state index contributed by atoms with van der Waals surface area (Å²) in [5.74, 6) is -0.233. The van der Waals surface area contributed by atoms with Gasteiger partial charge in [-0.25, -0.2) is 0 Å². The predicted octanol–water partition coefficient (Wildman–Crippen LogP) is 1.89. The Bertz CT molecular complexity index is 674. The van der Waals surface area contributed by atoms with Gasteiger partial charge in [0.05, 0.1) is 0 Å². The van der Waals surface area contributed by atoms with Crippen molar-refractivity contribution in [2.24, 2.45) is 5.73 Å². The standard InChI is InChI=1S/C16H19N3O2/c1-11(2)19(13-8-6-12(10-17)7-9-13)16(21)14-4-3-5-15(20)18-14/h3-9,11H,10,17H2,1-2H3,(H,18,20). The number of nitrogens with two attached hydrogens (primary N) is 1. The first-order chi connectivity index (χ1) is 10.0. The number of anilines is 1. The summed E-state index contributed by atoms with van der Waals surface area (Å²) in [6, 6.07) is 12.0. The molecule has 3 N–H and O–H groups in total. The molecule has 1 aromatic heterocycles. The van der Waals surface area contributed by atoms with E-state index in [0.29, 0.717) is 6.54 Å². The summed E-state index contributed by atoms with van der Waals surface area (Å²) in [5.41, 5.74) is 7.35. The Hall–Kier alpha value is -2.40. The summed E-state index contributed by atoms with van der Waals surface area (Å²) < 4.78 is 0. The van der Waals surface area contributed by atoms with Crippen LogP contribution in [-0.4, -0.2) is 16.9 Å². The maximum Gasteiger partial charge on any atom is 0.275 e. The highest BCUT2D eigenvalue weighted by Gasteiger charge is 2.21. The summed E-state index contributed by atoms with van der Waals surface area (Å²) in [6.07, 6.45) is 0. The van der Waals surface area contributed by atoms with Crippen molar-refractivity contribution < 1.29 is 4.79 Å². The van der Waals surface area contributed by atoms with Crippen molar-refractivity contribution in [1.29, 1.82) is 0 Å². The van der Waals surface area contributed by atoms with Crippen LogP contribution in [-0.2, 0) is 6.54 Å². The number of nitrogens with zero attached hydrogens (tertiary/aromatic N) is 1. The van der Waals surface area contributed by atoms with E-state index in [1.807, 2.05) is 38.1 Å². The van der Waals surface area contributed by atoms with Gasteiger partial charge in [0.1, 0.15) is 5.69 Å². The van der Waals surface area contributed by atoms with Crippen LogP contribution < -0.4 is 16.2 Å². The molecule has 0 unspecified atom stereocenters. The largest absolute Gasteiger partial charge is 0.326 e. The summed E-state index contributed by atoms with van der Waals surface area (Å²) in [4.78, 5) is 28.2. The molecule has 0 aliphatic rings. The van der Waals surface area contributed by atoms with E-state index in [-0.39, 0.29) is 23.2 Å². The lowest BCUT2D eigenvalue weighted by molar-refractivity contribution is 0.0975. The first-order valence-corrected chi connectivity index (χ1v) is 6.85. The van der Waals surface area contributed by atoms with Gasteiger partial charge in [-0.2, -0.15) is 0 Å². The maximum atomic E-state index is 12.6. The van der Waals surface area contributed by atoms with Crippen molar-refractivity contribution >= 4 is 11.6 Å². The number of rotatable bonds is 4. The molecule has 0 aliphatic heterocycles. The van der Waals surface area contributed by atoms with Crippen molar-refractivity contribution in [2.75, 3.05) is 4.90 Å². The van der Waals surface area contributed by atoms with E-state index in [9.17, 15) is 9.59 Å². The van der Waals surface area contributed by atoms with E-state index in [2.05, 4.69) is 4.98 Å². The Labute approximate surface area is 123 Å². The summed E-state index contributed by atoms with van der Waals surface area (Å²) >= 11 is 0. The molecular formula is C16H19N3O2. The average molecular weight is 285 g/mol. The molecule has 2 rings (SSSR count). The molecule has 1 heterocycles. The van der Waals surface area contributed by atoms with Crippen LogP contribution in [0.1, 0.15) is 29.9 Å². The molecule has 0 atom stereocenters. The number of hydrogen-bond acceptors (Lipinski definition) is 3. The molecule has 0 radical (unpaired) electrons. The number of pyridine rings is 1. The van der Waals surface area contributed by atoms with Gasteiger partial charge in [0, 0.05) is 24.3 Å². The third-order valence-corrected chi connectivity index (χ3v) is 3.18. The van der Waals surface area contributed by atoms with E-state index < -0.39 is 0 Å². The van der Waals surface area contributed by atoms with Gasteiger partial charge in [0.15, 0.2) is 0 Å². The Balaban J connectivity index is 2.38. The van der Waals surface area contributed by atoms with Gasteiger partial charge >= 0.3 is 0 Å². The number of aromatic nitrogens is 1. The van der Waals surface area contributed by atoms with Gasteiger partial charge in [-0.1, -0.05) is 18.2 Å². The molecule has 2 aromatic rings. The highest BCUT2D eigenvalue weighted by molar-refractivity contribution is 6.05. The number of carbonyl (C=O) groups excluding carboxylic acids is 1. The van der Waals surface area contributed by atoms with Gasteiger partial charge in [-0.15, -0.1) is 0 Å². The van der Waals surface area contributed by atoms with Crippen molar-refractivity contribution in [2.45, 2.75) is 26.4 Å². The number of amides is 1. The van der Waals surface area contributed by atoms with E-state index in [1.54, 1.807) is 17.0 Å². The molecule has 1 amide bonds. The molecule has 0 fully saturated rings. The first-order valence-electron chi connectivity index (χ1n) is 6.85. The molecule has 1 aromatic carbocycles. The fourth-order valence-electron chi connectivity index (χ4n) is 2.14. The fourth-order valence-corrected chi connectivity index (χ4v) is 2.14. The van der Waals surface area contributed by atoms with Crippen LogP contribution in [0.2, 0.25) is 0 Å². The Kier molecular flexibility index (Phi) is 4.55. The van der Waals surface area contributed by atoms with Gasteiger partial charge in [0.2, 0.25) is 5.56 Å². The number of nitrogens with one attached hydrogen (secondary N) is 1. The van der Waals surface area contributed by atoms with Crippen molar-refractivity contribution in [3.63, 3.8) is 0 Å². The van der Waals surface area contributed by atoms with Gasteiger partial charge in [-0.3, -0.25) is 9.59 Å². The quantitative estimate of drug-likeness (QED) is 0.900. The SMILES string of the molecule is CC(C)N(C(=O)c1cccc(=O)[nH]1)c1ccc(CN)cc1. The van der Waals surface area contributed by atoms with E-state index in [4.69, 9.17) is 5.73 Å². The molecule has 5 heteroatoms. The molecule has 21 heavy (non-hydrogen) atoms. The minimum absolute atomic E-state index is 0.0371. The normalized spacial score (nSPS) is 10.7. The van der Waals surface area contributed by atoms with Gasteiger partial charge in [0.25, 0.3) is 5.91 Å². The highest BCUT2D eigenvalue weighted by atomic mass is 16.2. The van der Waals surface area contributed by atoms with E-state index in [1.165, 1.54) is 6.07 Å². The number of carbonyl (C=O) groups is 1. The second kappa shape index (κ2) is 6.37. The maximum absolute atomic E-state index is 12.6. The molecule has 110 valence electrons. The topological polar surface area (TPSA) is 79.2 Å². The van der Waals surface area contributed by atoms with Crippen LogP contribution >= 0.6 is 0 Å². The summed E-state index contributed by atoms with van der Waals surface area (Å²) in [7, 11) is 0. The lowest BCUT2D eigenvalue weighted by Gasteiger charge is -2.27. The van der Waals surface area contributed by atoms with Crippen LogP contribution in [0.15, 0.2) is 47.3 Å².